The van der Waals surface area contributed by atoms with E-state index >= 15 is 0 Å². The molecule has 14 heteroatoms. The number of nitrogens with one attached hydrogen (secondary N) is 1. The third kappa shape index (κ3) is 2.05. The third-order valence-electron chi connectivity index (χ3n) is 1.17. The number of hydrogen-bond acceptors (Lipinski definition) is 9. The van der Waals surface area contributed by atoms with E-state index in [4.69, 9.17) is 0 Å². The number of hydrazine groups is 3. The summed E-state index contributed by atoms with van der Waals surface area (Å²) in [4.78, 5) is 30.5. The van der Waals surface area contributed by atoms with Crippen LogP contribution in [0, 0.1) is 30.3 Å². The number of hydrogen-bond donors (Lipinski definition) is 1. The summed E-state index contributed by atoms with van der Waals surface area (Å²) < 4.78 is 3.91. The van der Waals surface area contributed by atoms with E-state index in [0.717, 1.165) is 0 Å². The molecule has 0 fully saturated rings. The minimum Gasteiger partial charge on any atom is -0.239 e. The number of rotatable bonds is 5. The van der Waals surface area contributed by atoms with E-state index in [2.05, 4.69) is 14.9 Å². The Kier molecular flexibility index (Phi) is 2.74. The molecule has 1 N–H and O–H groups in total. The van der Waals surface area contributed by atoms with Gasteiger partial charge in [0.05, 0.1) is 0 Å². The zero-order chi connectivity index (χ0) is 12.3. The maximum atomic E-state index is 10.3. The van der Waals surface area contributed by atoms with Crippen molar-refractivity contribution in [1.29, 1.82) is 0 Å². The van der Waals surface area contributed by atoms with Gasteiger partial charge in [0.1, 0.15) is 0 Å². The van der Waals surface area contributed by atoms with Gasteiger partial charge in [-0.15, -0.1) is 0 Å². The largest absolute Gasteiger partial charge is 0.361 e. The van der Waals surface area contributed by atoms with Gasteiger partial charge in [-0.05, 0) is 10.3 Å². The molecule has 0 aliphatic carbocycles. The third-order valence-corrected chi connectivity index (χ3v) is 1.17. The van der Waals surface area contributed by atoms with Crippen LogP contribution in [-0.2, 0) is 0 Å². The summed E-state index contributed by atoms with van der Waals surface area (Å²) in [5.74, 6) is -1.91. The van der Waals surface area contributed by atoms with Gasteiger partial charge >= 0.3 is 5.82 Å². The van der Waals surface area contributed by atoms with Crippen molar-refractivity contribution >= 4 is 11.6 Å². The van der Waals surface area contributed by atoms with Crippen LogP contribution in [0.5, 0.6) is 0 Å². The van der Waals surface area contributed by atoms with Crippen LogP contribution >= 0.6 is 0 Å². The second-order valence-corrected chi connectivity index (χ2v) is 2.07. The quantitative estimate of drug-likeness (QED) is 0.480. The Morgan fingerprint density at radius 2 is 1.69 bits per heavy atom. The Bertz CT molecular complexity index is 424. The summed E-state index contributed by atoms with van der Waals surface area (Å²) in [5, 5.41) is 31.5. The summed E-state index contributed by atoms with van der Waals surface area (Å²) in [6, 6.07) is 0. The summed E-state index contributed by atoms with van der Waals surface area (Å²) in [5.41, 5.74) is 1.35. The molecule has 0 unspecified atom stereocenters. The second-order valence-electron chi connectivity index (χ2n) is 2.07. The average Bonchev–Trinajstić information content (AvgIpc) is 2.50. The minimum absolute atomic E-state index is 0.678. The van der Waals surface area contributed by atoms with E-state index in [1.165, 1.54) is 5.43 Å². The van der Waals surface area contributed by atoms with Crippen LogP contribution in [0.3, 0.4) is 0 Å². The standard InChI is InChI=1S/C2HN7O7/c10-7(11)3-1-2(5-16-4-1)6(8(12)13)9(14)15/h(H,3,4). The zero-order valence-corrected chi connectivity index (χ0v) is 7.04. The molecular formula is C2HN7O7. The molecule has 0 bridgehead atoms. The lowest BCUT2D eigenvalue weighted by molar-refractivity contribution is -0.712. The van der Waals surface area contributed by atoms with E-state index in [1.807, 2.05) is 0 Å². The molecule has 0 spiro atoms. The van der Waals surface area contributed by atoms with E-state index in [0.29, 0.717) is 0 Å². The van der Waals surface area contributed by atoms with Gasteiger partial charge in [-0.2, -0.15) is 0 Å². The maximum absolute atomic E-state index is 10.3. The van der Waals surface area contributed by atoms with Crippen LogP contribution in [0.15, 0.2) is 4.63 Å². The van der Waals surface area contributed by atoms with E-state index in [1.54, 1.807) is 0 Å². The molecule has 0 saturated heterocycles. The van der Waals surface area contributed by atoms with Crippen molar-refractivity contribution in [1.82, 2.24) is 10.3 Å². The molecule has 1 aromatic heterocycles. The van der Waals surface area contributed by atoms with Gasteiger partial charge in [0, 0.05) is 0 Å². The van der Waals surface area contributed by atoms with Gasteiger partial charge in [-0.3, -0.25) is 0 Å². The fourth-order valence-electron chi connectivity index (χ4n) is 0.686. The first-order chi connectivity index (χ1) is 7.43. The van der Waals surface area contributed by atoms with Crippen LogP contribution in [0.2, 0.25) is 0 Å². The lowest BCUT2D eigenvalue weighted by Crippen LogP contribution is -2.36. The Hall–Kier alpha value is -3.06. The molecule has 0 aliphatic heterocycles. The molecule has 0 atom stereocenters. The fourth-order valence-corrected chi connectivity index (χ4v) is 0.686. The van der Waals surface area contributed by atoms with Gasteiger partial charge in [0.25, 0.3) is 5.82 Å². The van der Waals surface area contributed by atoms with Crippen molar-refractivity contribution in [2.24, 2.45) is 0 Å². The van der Waals surface area contributed by atoms with Gasteiger partial charge in [-0.25, -0.2) is 35.0 Å². The first-order valence-electron chi connectivity index (χ1n) is 3.26. The van der Waals surface area contributed by atoms with Crippen molar-refractivity contribution in [3.8, 4) is 0 Å². The monoisotopic (exact) mass is 235 g/mol. The van der Waals surface area contributed by atoms with Crippen molar-refractivity contribution in [2.45, 2.75) is 0 Å². The van der Waals surface area contributed by atoms with E-state index in [9.17, 15) is 30.3 Å². The average molecular weight is 235 g/mol. The molecule has 16 heavy (non-hydrogen) atoms. The van der Waals surface area contributed by atoms with Crippen molar-refractivity contribution in [3.63, 3.8) is 0 Å². The van der Waals surface area contributed by atoms with Crippen molar-refractivity contribution in [2.75, 3.05) is 10.5 Å². The number of anilines is 2. The van der Waals surface area contributed by atoms with Crippen molar-refractivity contribution < 1.29 is 19.7 Å². The van der Waals surface area contributed by atoms with Crippen LogP contribution in [0.1, 0.15) is 0 Å². The van der Waals surface area contributed by atoms with Crippen LogP contribution in [0.25, 0.3) is 0 Å². The smallest absolute Gasteiger partial charge is 0.239 e. The zero-order valence-electron chi connectivity index (χ0n) is 7.04. The Morgan fingerprint density at radius 1 is 1.12 bits per heavy atom. The fraction of sp³-hybridized carbons (Fsp3) is 0. The molecule has 1 aromatic rings. The Balaban J connectivity index is 3.10. The van der Waals surface area contributed by atoms with Crippen molar-refractivity contribution in [3.05, 3.63) is 30.3 Å². The highest BCUT2D eigenvalue weighted by atomic mass is 16.8. The molecule has 86 valence electrons. The SMILES string of the molecule is O=[N+]([O-])Nc1nonc1N([N+](=O)[O-])[N+](=O)[O-]. The van der Waals surface area contributed by atoms with Gasteiger partial charge in [0.15, 0.2) is 5.03 Å². The lowest BCUT2D eigenvalue weighted by Gasteiger charge is -1.98. The predicted octanol–water partition coefficient (Wildman–Crippen LogP) is -1.14. The summed E-state index contributed by atoms with van der Waals surface area (Å²) in [7, 11) is 0. The summed E-state index contributed by atoms with van der Waals surface area (Å²) in [6.07, 6.45) is 0. The molecule has 0 radical (unpaired) electrons. The molecule has 0 aromatic carbocycles. The summed E-state index contributed by atoms with van der Waals surface area (Å²) >= 11 is 0. The highest BCUT2D eigenvalue weighted by Crippen LogP contribution is 2.20. The van der Waals surface area contributed by atoms with E-state index < -0.39 is 31.9 Å². The van der Waals surface area contributed by atoms with Gasteiger partial charge in [0.2, 0.25) is 15.2 Å². The lowest BCUT2D eigenvalue weighted by atomic mass is 10.6. The number of aromatic nitrogens is 2. The topological polar surface area (TPSA) is 184 Å². The number of nitrogens with zero attached hydrogens (tertiary/aromatic N) is 6. The summed E-state index contributed by atoms with van der Waals surface area (Å²) in [6.45, 7) is 0. The molecule has 0 amide bonds. The predicted molar refractivity (Wildman–Crippen MR) is 41.4 cm³/mol. The molecular weight excluding hydrogens is 234 g/mol. The molecule has 14 nitrogen and oxygen atoms in total. The normalized spacial score (nSPS) is 9.50. The molecule has 0 saturated carbocycles. The van der Waals surface area contributed by atoms with Crippen LogP contribution in [0.4, 0.5) is 11.6 Å². The Labute approximate surface area is 83.7 Å². The first-order valence-corrected chi connectivity index (χ1v) is 3.26. The molecule has 1 rings (SSSR count). The maximum Gasteiger partial charge on any atom is 0.361 e. The minimum atomic E-state index is -1.45. The number of nitro groups is 3. The van der Waals surface area contributed by atoms with E-state index in [-0.39, 0.29) is 0 Å². The highest BCUT2D eigenvalue weighted by molar-refractivity contribution is 5.54. The van der Waals surface area contributed by atoms with Crippen LogP contribution < -0.4 is 10.5 Å². The van der Waals surface area contributed by atoms with Crippen LogP contribution in [-0.4, -0.2) is 25.4 Å². The van der Waals surface area contributed by atoms with Gasteiger partial charge in [-0.1, -0.05) is 5.43 Å². The highest BCUT2D eigenvalue weighted by Gasteiger charge is 2.39. The second kappa shape index (κ2) is 3.98. The van der Waals surface area contributed by atoms with Gasteiger partial charge < -0.3 is 0 Å². The molecule has 1 heterocycles. The molecule has 0 aliphatic rings. The Morgan fingerprint density at radius 3 is 2.12 bits per heavy atom. The first kappa shape index (κ1) is 11.0.